The number of hydrogen-bond donors (Lipinski definition) is 1. The Morgan fingerprint density at radius 1 is 0.938 bits per heavy atom. The van der Waals surface area contributed by atoms with Gasteiger partial charge in [0.25, 0.3) is 0 Å². The number of nitrogens with one attached hydrogen (secondary N) is 1. The first-order chi connectivity index (χ1) is 15.5. The molecule has 1 N–H and O–H groups in total. The molecule has 0 atom stereocenters. The van der Waals surface area contributed by atoms with Crippen LogP contribution in [0.3, 0.4) is 0 Å². The van der Waals surface area contributed by atoms with Crippen molar-refractivity contribution in [3.8, 4) is 0 Å². The van der Waals surface area contributed by atoms with Crippen LogP contribution in [0.25, 0.3) is 0 Å². The molecule has 8 heteroatoms. The van der Waals surface area contributed by atoms with Gasteiger partial charge in [0.1, 0.15) is 0 Å². The fourth-order valence-electron chi connectivity index (χ4n) is 4.29. The summed E-state index contributed by atoms with van der Waals surface area (Å²) < 4.78 is 32.4. The van der Waals surface area contributed by atoms with E-state index in [2.05, 4.69) is 22.3 Å². The molecule has 2 saturated heterocycles. The molecule has 4 rings (SSSR count). The Labute approximate surface area is 190 Å². The number of carbonyl (C=O) groups excluding carboxylic acids is 1. The van der Waals surface area contributed by atoms with Crippen molar-refractivity contribution in [1.29, 1.82) is 0 Å². The van der Waals surface area contributed by atoms with Crippen LogP contribution >= 0.6 is 0 Å². The van der Waals surface area contributed by atoms with Gasteiger partial charge in [-0.1, -0.05) is 42.5 Å². The molecule has 0 unspecified atom stereocenters. The van der Waals surface area contributed by atoms with Crippen LogP contribution in [0.5, 0.6) is 0 Å². The number of hydrogen-bond acceptors (Lipinski definition) is 5. The smallest absolute Gasteiger partial charge is 0.243 e. The number of rotatable bonds is 7. The first kappa shape index (κ1) is 22.9. The fourth-order valence-corrected chi connectivity index (χ4v) is 5.78. The second-order valence-corrected chi connectivity index (χ2v) is 10.4. The Hall–Kier alpha value is -2.26. The highest BCUT2D eigenvalue weighted by atomic mass is 32.2. The maximum atomic E-state index is 12.8. The third-order valence-corrected chi connectivity index (χ3v) is 8.09. The highest BCUT2D eigenvalue weighted by Gasteiger charge is 2.31. The summed E-state index contributed by atoms with van der Waals surface area (Å²) in [6.07, 6.45) is 1.07. The Balaban J connectivity index is 1.26. The predicted molar refractivity (Wildman–Crippen MR) is 122 cm³/mol. The van der Waals surface area contributed by atoms with Gasteiger partial charge in [-0.2, -0.15) is 4.31 Å². The first-order valence-electron chi connectivity index (χ1n) is 11.2. The summed E-state index contributed by atoms with van der Waals surface area (Å²) in [5, 5.41) is 3.04. The van der Waals surface area contributed by atoms with Gasteiger partial charge in [-0.05, 0) is 36.1 Å². The van der Waals surface area contributed by atoms with Crippen molar-refractivity contribution in [2.24, 2.45) is 5.92 Å². The molecule has 2 heterocycles. The molecular formula is C24H31N3O4S. The maximum Gasteiger partial charge on any atom is 0.243 e. The normalized spacial score (nSPS) is 19.0. The molecule has 1 amide bonds. The van der Waals surface area contributed by atoms with Crippen molar-refractivity contribution in [2.75, 3.05) is 39.4 Å². The van der Waals surface area contributed by atoms with Crippen LogP contribution in [0, 0.1) is 5.92 Å². The van der Waals surface area contributed by atoms with Crippen LogP contribution in [0.2, 0.25) is 0 Å². The minimum absolute atomic E-state index is 0.000316. The molecule has 2 aromatic carbocycles. The summed E-state index contributed by atoms with van der Waals surface area (Å²) in [4.78, 5) is 15.4. The largest absolute Gasteiger partial charge is 0.379 e. The molecule has 2 aromatic rings. The summed E-state index contributed by atoms with van der Waals surface area (Å²) in [5.74, 6) is -0.158. The Morgan fingerprint density at radius 3 is 2.34 bits per heavy atom. The van der Waals surface area contributed by atoms with Gasteiger partial charge in [-0.25, -0.2) is 8.42 Å². The highest BCUT2D eigenvalue weighted by molar-refractivity contribution is 7.89. The molecule has 0 aliphatic carbocycles. The number of carbonyl (C=O) groups is 1. The van der Waals surface area contributed by atoms with Crippen LogP contribution < -0.4 is 5.32 Å². The van der Waals surface area contributed by atoms with E-state index >= 15 is 0 Å². The molecule has 0 bridgehead atoms. The predicted octanol–water partition coefficient (Wildman–Crippen LogP) is 2.24. The van der Waals surface area contributed by atoms with Gasteiger partial charge in [0, 0.05) is 45.2 Å². The summed E-state index contributed by atoms with van der Waals surface area (Å²) in [6, 6.07) is 16.8. The molecule has 2 aliphatic heterocycles. The summed E-state index contributed by atoms with van der Waals surface area (Å²) in [5.41, 5.74) is 2.31. The zero-order valence-corrected chi connectivity index (χ0v) is 19.1. The Bertz CT molecular complexity index is 999. The van der Waals surface area contributed by atoms with E-state index < -0.39 is 10.0 Å². The Kier molecular flexibility index (Phi) is 7.57. The molecule has 7 nitrogen and oxygen atoms in total. The molecule has 32 heavy (non-hydrogen) atoms. The summed E-state index contributed by atoms with van der Waals surface area (Å²) in [6.45, 7) is 5.55. The molecular weight excluding hydrogens is 426 g/mol. The number of sulfonamides is 1. The molecule has 0 aromatic heterocycles. The second-order valence-electron chi connectivity index (χ2n) is 8.42. The Morgan fingerprint density at radius 2 is 1.62 bits per heavy atom. The lowest BCUT2D eigenvalue weighted by Crippen LogP contribution is -2.42. The van der Waals surface area contributed by atoms with E-state index in [1.807, 2.05) is 12.1 Å². The minimum Gasteiger partial charge on any atom is -0.379 e. The van der Waals surface area contributed by atoms with Gasteiger partial charge < -0.3 is 10.1 Å². The number of morpholine rings is 1. The van der Waals surface area contributed by atoms with Crippen LogP contribution in [0.1, 0.15) is 24.0 Å². The first-order valence-corrected chi connectivity index (χ1v) is 12.7. The third-order valence-electron chi connectivity index (χ3n) is 6.17. The van der Waals surface area contributed by atoms with Gasteiger partial charge in [0.2, 0.25) is 15.9 Å². The van der Waals surface area contributed by atoms with Crippen LogP contribution in [-0.4, -0.2) is 62.9 Å². The molecule has 0 saturated carbocycles. The maximum absolute atomic E-state index is 12.8. The average Bonchev–Trinajstić information content (AvgIpc) is 2.84. The number of piperidine rings is 1. The van der Waals surface area contributed by atoms with Crippen molar-refractivity contribution in [3.63, 3.8) is 0 Å². The van der Waals surface area contributed by atoms with Crippen molar-refractivity contribution >= 4 is 15.9 Å². The van der Waals surface area contributed by atoms with Gasteiger partial charge in [0.05, 0.1) is 18.1 Å². The minimum atomic E-state index is -3.49. The third kappa shape index (κ3) is 5.75. The van der Waals surface area contributed by atoms with Crippen molar-refractivity contribution in [1.82, 2.24) is 14.5 Å². The van der Waals surface area contributed by atoms with E-state index in [0.717, 1.165) is 38.4 Å². The zero-order valence-electron chi connectivity index (χ0n) is 18.3. The van der Waals surface area contributed by atoms with E-state index in [9.17, 15) is 13.2 Å². The van der Waals surface area contributed by atoms with Crippen molar-refractivity contribution < 1.29 is 17.9 Å². The number of ether oxygens (including phenoxy) is 1. The average molecular weight is 458 g/mol. The van der Waals surface area contributed by atoms with E-state index in [1.165, 1.54) is 9.87 Å². The van der Waals surface area contributed by atoms with Gasteiger partial charge in [0.15, 0.2) is 0 Å². The van der Waals surface area contributed by atoms with Crippen LogP contribution in [-0.2, 0) is 32.6 Å². The zero-order chi connectivity index (χ0) is 22.4. The van der Waals surface area contributed by atoms with E-state index in [1.54, 1.807) is 30.3 Å². The van der Waals surface area contributed by atoms with Crippen LogP contribution in [0.15, 0.2) is 59.5 Å². The molecule has 172 valence electrons. The van der Waals surface area contributed by atoms with E-state index in [-0.39, 0.29) is 11.8 Å². The van der Waals surface area contributed by atoms with Crippen molar-refractivity contribution in [3.05, 3.63) is 65.7 Å². The standard InChI is InChI=1S/C24H31N3O4S/c28-24(22-9-11-27(12-10-22)32(29,30)23-7-2-1-3-8-23)25-18-20-5-4-6-21(17-20)19-26-13-15-31-16-14-26/h1-8,17,22H,9-16,18-19H2,(H,25,28). The van der Waals surface area contributed by atoms with Gasteiger partial charge >= 0.3 is 0 Å². The van der Waals surface area contributed by atoms with Gasteiger partial charge in [-0.15, -0.1) is 0 Å². The topological polar surface area (TPSA) is 79.0 Å². The fraction of sp³-hybridized carbons (Fsp3) is 0.458. The number of nitrogens with zero attached hydrogens (tertiary/aromatic N) is 2. The molecule has 0 radical (unpaired) electrons. The molecule has 2 aliphatic rings. The van der Waals surface area contributed by atoms with Crippen LogP contribution in [0.4, 0.5) is 0 Å². The monoisotopic (exact) mass is 457 g/mol. The molecule has 0 spiro atoms. The van der Waals surface area contributed by atoms with Crippen molar-refractivity contribution in [2.45, 2.75) is 30.8 Å². The van der Waals surface area contributed by atoms with Gasteiger partial charge in [-0.3, -0.25) is 9.69 Å². The lowest BCUT2D eigenvalue weighted by Gasteiger charge is -2.30. The lowest BCUT2D eigenvalue weighted by molar-refractivity contribution is -0.126. The second kappa shape index (κ2) is 10.6. The lowest BCUT2D eigenvalue weighted by atomic mass is 9.97. The number of amides is 1. The number of benzene rings is 2. The van der Waals surface area contributed by atoms with E-state index in [4.69, 9.17) is 4.74 Å². The van der Waals surface area contributed by atoms with E-state index in [0.29, 0.717) is 37.4 Å². The highest BCUT2D eigenvalue weighted by Crippen LogP contribution is 2.24. The quantitative estimate of drug-likeness (QED) is 0.690. The molecule has 2 fully saturated rings. The summed E-state index contributed by atoms with van der Waals surface area (Å²) in [7, 11) is -3.49. The SMILES string of the molecule is O=C(NCc1cccc(CN2CCOCC2)c1)C1CCN(S(=O)(=O)c2ccccc2)CC1. The summed E-state index contributed by atoms with van der Waals surface area (Å²) >= 11 is 0.